The summed E-state index contributed by atoms with van der Waals surface area (Å²) in [5, 5.41) is 2.78. The summed E-state index contributed by atoms with van der Waals surface area (Å²) in [4.78, 5) is 11.6. The molecule has 1 unspecified atom stereocenters. The second-order valence-electron chi connectivity index (χ2n) is 3.77. The molecule has 0 heterocycles. The number of carbonyl (C=O) groups is 1. The van der Waals surface area contributed by atoms with Gasteiger partial charge in [-0.15, -0.1) is 0 Å². The molecule has 0 fully saturated rings. The van der Waals surface area contributed by atoms with Crippen LogP contribution < -0.4 is 11.1 Å². The minimum Gasteiger partial charge on any atom is -0.325 e. The largest absolute Gasteiger partial charge is 0.325 e. The molecule has 82 valence electrons. The zero-order valence-electron chi connectivity index (χ0n) is 8.83. The van der Waals surface area contributed by atoms with Crippen LogP contribution >= 0.6 is 22.6 Å². The average Bonchev–Trinajstić information content (AvgIpc) is 2.20. The second-order valence-corrected chi connectivity index (χ2v) is 5.01. The Kier molecular flexibility index (Phi) is 4.53. The van der Waals surface area contributed by atoms with Crippen molar-refractivity contribution >= 4 is 34.2 Å². The molecule has 1 aromatic rings. The summed E-state index contributed by atoms with van der Waals surface area (Å²) in [5.74, 6) is 0.0139. The topological polar surface area (TPSA) is 55.1 Å². The van der Waals surface area contributed by atoms with E-state index in [4.69, 9.17) is 5.73 Å². The molecule has 0 saturated heterocycles. The molecule has 0 aliphatic carbocycles. The van der Waals surface area contributed by atoms with Gasteiger partial charge in [0.1, 0.15) is 0 Å². The summed E-state index contributed by atoms with van der Waals surface area (Å²) in [6.45, 7) is 3.86. The Hall–Kier alpha value is -0.620. The SMILES string of the molecule is CC(C)C(N)C(=O)Nc1ccc(I)cc1. The maximum atomic E-state index is 11.6. The number of carbonyl (C=O) groups excluding carboxylic acids is 1. The smallest absolute Gasteiger partial charge is 0.241 e. The Labute approximate surface area is 104 Å². The van der Waals surface area contributed by atoms with Crippen molar-refractivity contribution in [2.75, 3.05) is 5.32 Å². The van der Waals surface area contributed by atoms with Gasteiger partial charge >= 0.3 is 0 Å². The van der Waals surface area contributed by atoms with Gasteiger partial charge in [0.05, 0.1) is 6.04 Å². The van der Waals surface area contributed by atoms with E-state index >= 15 is 0 Å². The van der Waals surface area contributed by atoms with Crippen LogP contribution in [-0.2, 0) is 4.79 Å². The van der Waals surface area contributed by atoms with Crippen LogP contribution in [0.3, 0.4) is 0 Å². The fraction of sp³-hybridized carbons (Fsp3) is 0.364. The maximum Gasteiger partial charge on any atom is 0.241 e. The summed E-state index contributed by atoms with van der Waals surface area (Å²) < 4.78 is 1.14. The third-order valence-electron chi connectivity index (χ3n) is 2.13. The highest BCUT2D eigenvalue weighted by molar-refractivity contribution is 14.1. The molecule has 3 N–H and O–H groups in total. The highest BCUT2D eigenvalue weighted by Gasteiger charge is 2.16. The van der Waals surface area contributed by atoms with E-state index in [2.05, 4.69) is 27.9 Å². The Morgan fingerprint density at radius 1 is 1.33 bits per heavy atom. The number of hydrogen-bond donors (Lipinski definition) is 2. The van der Waals surface area contributed by atoms with Gasteiger partial charge in [-0.3, -0.25) is 4.79 Å². The van der Waals surface area contributed by atoms with E-state index in [9.17, 15) is 4.79 Å². The Balaban J connectivity index is 2.62. The lowest BCUT2D eigenvalue weighted by Crippen LogP contribution is -2.39. The molecule has 0 aliphatic rings. The molecule has 1 atom stereocenters. The molecule has 0 radical (unpaired) electrons. The van der Waals surface area contributed by atoms with E-state index < -0.39 is 6.04 Å². The van der Waals surface area contributed by atoms with Gasteiger partial charge in [0, 0.05) is 9.26 Å². The fourth-order valence-electron chi connectivity index (χ4n) is 1.06. The van der Waals surface area contributed by atoms with Crippen LogP contribution in [-0.4, -0.2) is 11.9 Å². The monoisotopic (exact) mass is 318 g/mol. The number of rotatable bonds is 3. The van der Waals surface area contributed by atoms with Crippen molar-refractivity contribution in [3.63, 3.8) is 0 Å². The molecule has 0 spiro atoms. The van der Waals surface area contributed by atoms with Crippen LogP contribution in [0.25, 0.3) is 0 Å². The molecule has 0 saturated carbocycles. The van der Waals surface area contributed by atoms with Gasteiger partial charge in [-0.2, -0.15) is 0 Å². The van der Waals surface area contributed by atoms with Crippen LogP contribution in [0.4, 0.5) is 5.69 Å². The lowest BCUT2D eigenvalue weighted by atomic mass is 10.1. The van der Waals surface area contributed by atoms with Gasteiger partial charge in [-0.1, -0.05) is 13.8 Å². The van der Waals surface area contributed by atoms with E-state index in [0.29, 0.717) is 0 Å². The number of anilines is 1. The molecule has 0 aromatic heterocycles. The molecule has 4 heteroatoms. The van der Waals surface area contributed by atoms with E-state index in [1.807, 2.05) is 38.1 Å². The highest BCUT2D eigenvalue weighted by atomic mass is 127. The van der Waals surface area contributed by atoms with Crippen molar-refractivity contribution < 1.29 is 4.79 Å². The Morgan fingerprint density at radius 2 is 1.87 bits per heavy atom. The van der Waals surface area contributed by atoms with Crippen molar-refractivity contribution in [2.45, 2.75) is 19.9 Å². The first-order valence-corrected chi connectivity index (χ1v) is 5.90. The molecule has 1 amide bonds. The molecule has 0 aliphatic heterocycles. The van der Waals surface area contributed by atoms with Crippen molar-refractivity contribution in [3.05, 3.63) is 27.8 Å². The zero-order valence-corrected chi connectivity index (χ0v) is 11.0. The third-order valence-corrected chi connectivity index (χ3v) is 2.85. The predicted octanol–water partition coefficient (Wildman–Crippen LogP) is 2.21. The summed E-state index contributed by atoms with van der Waals surface area (Å²) in [6.07, 6.45) is 0. The van der Waals surface area contributed by atoms with Crippen LogP contribution in [0.2, 0.25) is 0 Å². The lowest BCUT2D eigenvalue weighted by Gasteiger charge is -2.15. The van der Waals surface area contributed by atoms with Gasteiger partial charge in [0.15, 0.2) is 0 Å². The molecular formula is C11H15IN2O. The van der Waals surface area contributed by atoms with Crippen molar-refractivity contribution in [1.82, 2.24) is 0 Å². The van der Waals surface area contributed by atoms with Gasteiger partial charge in [0.2, 0.25) is 5.91 Å². The Morgan fingerprint density at radius 3 is 2.33 bits per heavy atom. The fourth-order valence-corrected chi connectivity index (χ4v) is 1.42. The molecule has 0 bridgehead atoms. The molecular weight excluding hydrogens is 303 g/mol. The van der Waals surface area contributed by atoms with Crippen molar-refractivity contribution in [3.8, 4) is 0 Å². The number of hydrogen-bond acceptors (Lipinski definition) is 2. The normalized spacial score (nSPS) is 12.6. The van der Waals surface area contributed by atoms with Crippen molar-refractivity contribution in [2.24, 2.45) is 11.7 Å². The van der Waals surface area contributed by atoms with Crippen LogP contribution in [0, 0.1) is 9.49 Å². The van der Waals surface area contributed by atoms with Crippen LogP contribution in [0.1, 0.15) is 13.8 Å². The minimum atomic E-state index is -0.454. The summed E-state index contributed by atoms with van der Waals surface area (Å²) in [5.41, 5.74) is 6.51. The van der Waals surface area contributed by atoms with Crippen molar-refractivity contribution in [1.29, 1.82) is 0 Å². The number of halogens is 1. The van der Waals surface area contributed by atoms with E-state index in [-0.39, 0.29) is 11.8 Å². The van der Waals surface area contributed by atoms with E-state index in [1.165, 1.54) is 0 Å². The molecule has 15 heavy (non-hydrogen) atoms. The second kappa shape index (κ2) is 5.46. The number of amides is 1. The molecule has 3 nitrogen and oxygen atoms in total. The highest BCUT2D eigenvalue weighted by Crippen LogP contribution is 2.12. The number of nitrogens with two attached hydrogens (primary N) is 1. The number of benzene rings is 1. The van der Waals surface area contributed by atoms with Crippen LogP contribution in [0.15, 0.2) is 24.3 Å². The van der Waals surface area contributed by atoms with E-state index in [0.717, 1.165) is 9.26 Å². The summed E-state index contributed by atoms with van der Waals surface area (Å²) in [6, 6.07) is 7.16. The maximum absolute atomic E-state index is 11.6. The standard InChI is InChI=1S/C11H15IN2O/c1-7(2)10(13)11(15)14-9-5-3-8(12)4-6-9/h3-7,10H,13H2,1-2H3,(H,14,15). The van der Waals surface area contributed by atoms with Gasteiger partial charge in [-0.25, -0.2) is 0 Å². The minimum absolute atomic E-state index is 0.133. The summed E-state index contributed by atoms with van der Waals surface area (Å²) in [7, 11) is 0. The number of nitrogens with one attached hydrogen (secondary N) is 1. The zero-order chi connectivity index (χ0) is 11.4. The van der Waals surface area contributed by atoms with Gasteiger partial charge in [0.25, 0.3) is 0 Å². The molecule has 1 rings (SSSR count). The van der Waals surface area contributed by atoms with Gasteiger partial charge in [-0.05, 0) is 52.8 Å². The summed E-state index contributed by atoms with van der Waals surface area (Å²) >= 11 is 2.22. The third kappa shape index (κ3) is 3.79. The first-order valence-electron chi connectivity index (χ1n) is 4.82. The average molecular weight is 318 g/mol. The van der Waals surface area contributed by atoms with Crippen LogP contribution in [0.5, 0.6) is 0 Å². The quantitative estimate of drug-likeness (QED) is 0.840. The van der Waals surface area contributed by atoms with Gasteiger partial charge < -0.3 is 11.1 Å². The lowest BCUT2D eigenvalue weighted by molar-refractivity contribution is -0.118. The molecule has 1 aromatic carbocycles. The first-order chi connectivity index (χ1) is 7.00. The Bertz CT molecular complexity index is 335. The first kappa shape index (κ1) is 12.4. The van der Waals surface area contributed by atoms with E-state index in [1.54, 1.807) is 0 Å². The predicted molar refractivity (Wildman–Crippen MR) is 70.6 cm³/mol.